The predicted molar refractivity (Wildman–Crippen MR) is 124 cm³/mol. The zero-order chi connectivity index (χ0) is 23.8. The first-order valence-electron chi connectivity index (χ1n) is 10.1. The van der Waals surface area contributed by atoms with Crippen molar-refractivity contribution < 1.29 is 27.8 Å². The lowest BCUT2D eigenvalue weighted by Gasteiger charge is -2.26. The van der Waals surface area contributed by atoms with E-state index in [0.717, 1.165) is 15.6 Å². The molecule has 0 atom stereocenters. The number of rotatable bonds is 5. The number of carbonyl (C=O) groups is 1. The molecule has 0 bridgehead atoms. The number of hydrogen-bond acceptors (Lipinski definition) is 3. The highest BCUT2D eigenvalue weighted by Crippen LogP contribution is 2.45. The molecule has 0 saturated carbocycles. The van der Waals surface area contributed by atoms with Crippen molar-refractivity contribution in [3.8, 4) is 16.9 Å². The van der Waals surface area contributed by atoms with Crippen molar-refractivity contribution in [1.82, 2.24) is 0 Å². The van der Waals surface area contributed by atoms with Crippen LogP contribution in [0.4, 0.5) is 13.2 Å². The number of halogens is 3. The molecule has 1 heterocycles. The van der Waals surface area contributed by atoms with E-state index in [9.17, 15) is 23.1 Å². The summed E-state index contributed by atoms with van der Waals surface area (Å²) >= 11 is 1.33. The number of thiophene rings is 1. The number of aliphatic carboxylic acids is 1. The van der Waals surface area contributed by atoms with Crippen LogP contribution >= 0.6 is 11.3 Å². The second-order valence-corrected chi connectivity index (χ2v) is 9.76. The Bertz CT molecular complexity index is 1200. The third kappa shape index (κ3) is 4.99. The molecule has 0 fully saturated rings. The first-order valence-corrected chi connectivity index (χ1v) is 10.9. The van der Waals surface area contributed by atoms with Crippen LogP contribution < -0.4 is 4.74 Å². The molecule has 0 saturated heterocycles. The van der Waals surface area contributed by atoms with E-state index in [1.807, 2.05) is 58.0 Å². The summed E-state index contributed by atoms with van der Waals surface area (Å²) in [6, 6.07) is 11.0. The van der Waals surface area contributed by atoms with E-state index in [1.54, 1.807) is 13.0 Å². The average molecular weight is 463 g/mol. The van der Waals surface area contributed by atoms with Crippen molar-refractivity contribution in [1.29, 1.82) is 0 Å². The van der Waals surface area contributed by atoms with Crippen molar-refractivity contribution in [2.24, 2.45) is 0 Å². The molecule has 0 aliphatic carbocycles. The van der Waals surface area contributed by atoms with Crippen molar-refractivity contribution in [2.45, 2.75) is 46.2 Å². The van der Waals surface area contributed by atoms with Gasteiger partial charge in [0.25, 0.3) is 0 Å². The number of fused-ring (bicyclic) bond motifs is 1. The maximum absolute atomic E-state index is 13.1. The molecule has 3 aromatic rings. The largest absolute Gasteiger partial charge is 0.483 e. The Morgan fingerprint density at radius 1 is 1.12 bits per heavy atom. The Morgan fingerprint density at radius 3 is 2.38 bits per heavy atom. The van der Waals surface area contributed by atoms with Crippen molar-refractivity contribution >= 4 is 33.0 Å². The third-order valence-corrected chi connectivity index (χ3v) is 6.19. The molecule has 0 radical (unpaired) electrons. The lowest BCUT2D eigenvalue weighted by molar-refractivity contribution is -0.153. The Hall–Kier alpha value is -2.80. The van der Waals surface area contributed by atoms with Gasteiger partial charge in [0.15, 0.2) is 6.61 Å². The van der Waals surface area contributed by atoms with Crippen LogP contribution in [0.1, 0.15) is 43.7 Å². The van der Waals surface area contributed by atoms with Crippen molar-refractivity contribution in [3.05, 3.63) is 58.5 Å². The van der Waals surface area contributed by atoms with Crippen LogP contribution in [0, 0.1) is 6.92 Å². The minimum absolute atomic E-state index is 0.185. The predicted octanol–water partition coefficient (Wildman–Crippen LogP) is 7.60. The Kier molecular flexibility index (Phi) is 6.43. The normalized spacial score (nSPS) is 12.9. The van der Waals surface area contributed by atoms with E-state index in [4.69, 9.17) is 4.74 Å². The quantitative estimate of drug-likeness (QED) is 0.397. The van der Waals surface area contributed by atoms with Gasteiger partial charge in [0.1, 0.15) is 5.75 Å². The van der Waals surface area contributed by atoms with Gasteiger partial charge in [0.05, 0.1) is 5.57 Å². The molecule has 1 N–H and O–H groups in total. The maximum atomic E-state index is 13.1. The molecule has 0 amide bonds. The van der Waals surface area contributed by atoms with E-state index in [1.165, 1.54) is 17.4 Å². The van der Waals surface area contributed by atoms with Crippen molar-refractivity contribution in [2.75, 3.05) is 6.61 Å². The number of aryl methyl sites for hydroxylation is 1. The fourth-order valence-electron chi connectivity index (χ4n) is 3.64. The summed E-state index contributed by atoms with van der Waals surface area (Å²) in [5.41, 5.74) is 2.59. The second kappa shape index (κ2) is 8.62. The van der Waals surface area contributed by atoms with E-state index >= 15 is 0 Å². The lowest BCUT2D eigenvalue weighted by atomic mass is 9.83. The number of carboxylic acids is 1. The molecule has 3 nitrogen and oxygen atoms in total. The molecule has 170 valence electrons. The van der Waals surface area contributed by atoms with Gasteiger partial charge in [0, 0.05) is 26.1 Å². The highest BCUT2D eigenvalue weighted by molar-refractivity contribution is 7.20. The summed E-state index contributed by atoms with van der Waals surface area (Å²) in [4.78, 5) is 12.2. The van der Waals surface area contributed by atoms with Crippen molar-refractivity contribution in [3.63, 3.8) is 0 Å². The molecular weight excluding hydrogens is 437 g/mol. The van der Waals surface area contributed by atoms with Gasteiger partial charge in [0.2, 0.25) is 0 Å². The van der Waals surface area contributed by atoms with Gasteiger partial charge in [-0.1, -0.05) is 45.0 Å². The number of benzene rings is 2. The fraction of sp³-hybridized carbons (Fsp3) is 0.320. The lowest BCUT2D eigenvalue weighted by Crippen LogP contribution is -2.22. The second-order valence-electron chi connectivity index (χ2n) is 8.68. The summed E-state index contributed by atoms with van der Waals surface area (Å²) in [6.07, 6.45) is -2.93. The zero-order valence-electron chi connectivity index (χ0n) is 18.6. The van der Waals surface area contributed by atoms with Gasteiger partial charge < -0.3 is 9.84 Å². The molecule has 3 rings (SSSR count). The summed E-state index contributed by atoms with van der Waals surface area (Å²) in [6.45, 7) is 7.96. The molecule has 32 heavy (non-hydrogen) atoms. The minimum atomic E-state index is -4.47. The number of carboxylic acid groups (broad SMARTS) is 1. The maximum Gasteiger partial charge on any atom is 0.422 e. The van der Waals surface area contributed by atoms with Gasteiger partial charge >= 0.3 is 12.1 Å². The monoisotopic (exact) mass is 462 g/mol. The Morgan fingerprint density at radius 2 is 1.81 bits per heavy atom. The van der Waals surface area contributed by atoms with Crippen LogP contribution in [-0.2, 0) is 10.2 Å². The number of ether oxygens (including phenoxy) is 1. The van der Waals surface area contributed by atoms with Crippen LogP contribution in [0.2, 0.25) is 0 Å². The van der Waals surface area contributed by atoms with Gasteiger partial charge in [-0.3, -0.25) is 0 Å². The first-order chi connectivity index (χ1) is 14.8. The number of allylic oxidation sites excluding steroid dienone is 1. The summed E-state index contributed by atoms with van der Waals surface area (Å²) in [5.74, 6) is -0.828. The van der Waals surface area contributed by atoms with Crippen LogP contribution in [0.3, 0.4) is 0 Å². The fourth-order valence-corrected chi connectivity index (χ4v) is 4.79. The minimum Gasteiger partial charge on any atom is -0.483 e. The molecule has 0 aliphatic rings. The van der Waals surface area contributed by atoms with Crippen LogP contribution in [0.15, 0.2) is 42.5 Å². The molecule has 0 unspecified atom stereocenters. The van der Waals surface area contributed by atoms with Gasteiger partial charge in [-0.2, -0.15) is 13.2 Å². The molecule has 0 aliphatic heterocycles. The van der Waals surface area contributed by atoms with Crippen LogP contribution in [-0.4, -0.2) is 23.9 Å². The van der Waals surface area contributed by atoms with E-state index in [-0.39, 0.29) is 11.3 Å². The van der Waals surface area contributed by atoms with Gasteiger partial charge in [-0.15, -0.1) is 11.3 Å². The average Bonchev–Trinajstić information content (AvgIpc) is 3.08. The number of hydrogen-bond donors (Lipinski definition) is 1. The van der Waals surface area contributed by atoms with E-state index in [0.29, 0.717) is 21.6 Å². The molecule has 7 heteroatoms. The highest BCUT2D eigenvalue weighted by atomic mass is 32.1. The summed E-state index contributed by atoms with van der Waals surface area (Å²) in [7, 11) is 0. The Labute approximate surface area is 189 Å². The van der Waals surface area contributed by atoms with E-state index in [2.05, 4.69) is 0 Å². The molecule has 0 spiro atoms. The Balaban J connectivity index is 2.30. The third-order valence-electron chi connectivity index (χ3n) is 5.06. The smallest absolute Gasteiger partial charge is 0.422 e. The standard InChI is InChI=1S/C25H25F3O3S/c1-6-15(23(29)30)21-12-17-16(8-7-9-20(17)32-21)18-10-14(2)11-19(24(3,4)5)22(18)31-13-25(26,27)28/h6-12H,13H2,1-5H3,(H,29,30)/b15-6+. The summed E-state index contributed by atoms with van der Waals surface area (Å²) in [5, 5.41) is 10.3. The molecular formula is C25H25F3O3S. The molecule has 2 aromatic carbocycles. The van der Waals surface area contributed by atoms with Crippen LogP contribution in [0.25, 0.3) is 26.8 Å². The zero-order valence-corrected chi connectivity index (χ0v) is 19.4. The number of alkyl halides is 3. The van der Waals surface area contributed by atoms with Crippen LogP contribution in [0.5, 0.6) is 5.75 Å². The SMILES string of the molecule is C/C=C(/C(=O)O)c1cc2c(-c3cc(C)cc(C(C)(C)C)c3OCC(F)(F)F)cccc2s1. The first kappa shape index (κ1) is 23.9. The topological polar surface area (TPSA) is 46.5 Å². The van der Waals surface area contributed by atoms with E-state index < -0.39 is 24.2 Å². The summed E-state index contributed by atoms with van der Waals surface area (Å²) < 4.78 is 45.4. The van der Waals surface area contributed by atoms with Gasteiger partial charge in [-0.25, -0.2) is 4.79 Å². The van der Waals surface area contributed by atoms with Gasteiger partial charge in [-0.05, 0) is 48.6 Å². The highest BCUT2D eigenvalue weighted by Gasteiger charge is 2.31. The molecule has 1 aromatic heterocycles.